The molecular formula is C18H12FN3O. The third-order valence-corrected chi connectivity index (χ3v) is 3.16. The van der Waals surface area contributed by atoms with Crippen molar-refractivity contribution in [2.75, 3.05) is 5.73 Å². The van der Waals surface area contributed by atoms with Crippen molar-refractivity contribution in [1.82, 2.24) is 4.98 Å². The van der Waals surface area contributed by atoms with Gasteiger partial charge >= 0.3 is 0 Å². The van der Waals surface area contributed by atoms with E-state index in [9.17, 15) is 4.39 Å². The first kappa shape index (κ1) is 14.5. The minimum atomic E-state index is -0.362. The van der Waals surface area contributed by atoms with Gasteiger partial charge in [-0.3, -0.25) is 4.98 Å². The zero-order chi connectivity index (χ0) is 16.2. The van der Waals surface area contributed by atoms with Crippen LogP contribution in [0, 0.1) is 17.1 Å². The van der Waals surface area contributed by atoms with Crippen molar-refractivity contribution in [2.45, 2.75) is 0 Å². The molecule has 0 fully saturated rings. The average molecular weight is 305 g/mol. The van der Waals surface area contributed by atoms with Crippen LogP contribution in [0.4, 0.5) is 10.1 Å². The fourth-order valence-corrected chi connectivity index (χ4v) is 2.15. The van der Waals surface area contributed by atoms with Gasteiger partial charge in [0.2, 0.25) is 0 Å². The predicted molar refractivity (Wildman–Crippen MR) is 85.3 cm³/mol. The summed E-state index contributed by atoms with van der Waals surface area (Å²) in [5.41, 5.74) is 7.74. The summed E-state index contributed by atoms with van der Waals surface area (Å²) in [7, 11) is 0. The molecule has 0 atom stereocenters. The van der Waals surface area contributed by atoms with Crippen LogP contribution >= 0.6 is 0 Å². The number of rotatable bonds is 3. The van der Waals surface area contributed by atoms with Gasteiger partial charge in [-0.05, 0) is 30.3 Å². The zero-order valence-electron chi connectivity index (χ0n) is 12.0. The van der Waals surface area contributed by atoms with E-state index in [1.54, 1.807) is 42.5 Å². The van der Waals surface area contributed by atoms with Crippen molar-refractivity contribution < 1.29 is 9.13 Å². The maximum atomic E-state index is 13.5. The van der Waals surface area contributed by atoms with E-state index in [4.69, 9.17) is 15.7 Å². The summed E-state index contributed by atoms with van der Waals surface area (Å²) in [4.78, 5) is 4.25. The standard InChI is InChI=1S/C18H12FN3O/c19-14-5-2-4-13(8-14)18-17(9-15(21)11-22-18)23-16-6-1-3-12(7-16)10-20/h1-9,11H,21H2. The van der Waals surface area contributed by atoms with E-state index < -0.39 is 0 Å². The molecule has 3 rings (SSSR count). The van der Waals surface area contributed by atoms with Crippen molar-refractivity contribution >= 4 is 5.69 Å². The van der Waals surface area contributed by atoms with E-state index in [1.165, 1.54) is 18.3 Å². The average Bonchev–Trinajstić information content (AvgIpc) is 2.55. The van der Waals surface area contributed by atoms with Crippen LogP contribution in [0.3, 0.4) is 0 Å². The quantitative estimate of drug-likeness (QED) is 0.789. The molecule has 0 aliphatic carbocycles. The molecule has 5 heteroatoms. The first-order valence-electron chi connectivity index (χ1n) is 6.85. The van der Waals surface area contributed by atoms with Crippen molar-refractivity contribution in [3.63, 3.8) is 0 Å². The summed E-state index contributed by atoms with van der Waals surface area (Å²) < 4.78 is 19.3. The summed E-state index contributed by atoms with van der Waals surface area (Å²) in [5, 5.41) is 8.96. The molecule has 0 aliphatic rings. The highest BCUT2D eigenvalue weighted by atomic mass is 19.1. The molecule has 2 N–H and O–H groups in total. The number of ether oxygens (including phenoxy) is 1. The van der Waals surface area contributed by atoms with Crippen LogP contribution in [0.5, 0.6) is 11.5 Å². The minimum Gasteiger partial charge on any atom is -0.455 e. The van der Waals surface area contributed by atoms with E-state index in [1.807, 2.05) is 6.07 Å². The summed E-state index contributed by atoms with van der Waals surface area (Å²) in [6, 6.07) is 16.5. The van der Waals surface area contributed by atoms with Gasteiger partial charge in [0.1, 0.15) is 17.3 Å². The van der Waals surface area contributed by atoms with E-state index in [0.717, 1.165) is 0 Å². The number of aromatic nitrogens is 1. The van der Waals surface area contributed by atoms with Gasteiger partial charge in [-0.15, -0.1) is 0 Å². The smallest absolute Gasteiger partial charge is 0.155 e. The lowest BCUT2D eigenvalue weighted by atomic mass is 10.1. The Morgan fingerprint density at radius 1 is 1.09 bits per heavy atom. The number of nitriles is 1. The maximum absolute atomic E-state index is 13.5. The third kappa shape index (κ3) is 3.27. The molecule has 0 saturated carbocycles. The summed E-state index contributed by atoms with van der Waals surface area (Å²) in [6.07, 6.45) is 1.48. The van der Waals surface area contributed by atoms with E-state index in [-0.39, 0.29) is 5.82 Å². The number of halogens is 1. The van der Waals surface area contributed by atoms with Crippen LogP contribution in [-0.2, 0) is 0 Å². The Kier molecular flexibility index (Phi) is 3.89. The fourth-order valence-electron chi connectivity index (χ4n) is 2.15. The lowest BCUT2D eigenvalue weighted by Gasteiger charge is -2.11. The molecule has 112 valence electrons. The van der Waals surface area contributed by atoms with Crippen molar-refractivity contribution in [2.24, 2.45) is 0 Å². The summed E-state index contributed by atoms with van der Waals surface area (Å²) in [5.74, 6) is 0.512. The summed E-state index contributed by atoms with van der Waals surface area (Å²) in [6.45, 7) is 0. The number of nitrogen functional groups attached to an aromatic ring is 1. The molecule has 1 aromatic heterocycles. The number of hydrogen-bond donors (Lipinski definition) is 1. The van der Waals surface area contributed by atoms with Gasteiger partial charge < -0.3 is 10.5 Å². The molecule has 0 saturated heterocycles. The summed E-state index contributed by atoms with van der Waals surface area (Å²) >= 11 is 0. The molecule has 1 heterocycles. The monoisotopic (exact) mass is 305 g/mol. The van der Waals surface area contributed by atoms with Crippen LogP contribution in [-0.4, -0.2) is 4.98 Å². The number of pyridine rings is 1. The van der Waals surface area contributed by atoms with Gasteiger partial charge in [-0.25, -0.2) is 4.39 Å². The molecule has 0 bridgehead atoms. The second-order valence-electron chi connectivity index (χ2n) is 4.87. The molecule has 23 heavy (non-hydrogen) atoms. The van der Waals surface area contributed by atoms with Crippen LogP contribution in [0.15, 0.2) is 60.8 Å². The van der Waals surface area contributed by atoms with Crippen LogP contribution in [0.2, 0.25) is 0 Å². The molecule has 0 radical (unpaired) electrons. The molecule has 4 nitrogen and oxygen atoms in total. The lowest BCUT2D eigenvalue weighted by Crippen LogP contribution is -1.95. The number of benzene rings is 2. The van der Waals surface area contributed by atoms with Crippen molar-refractivity contribution in [3.8, 4) is 28.8 Å². The predicted octanol–water partition coefficient (Wildman–Crippen LogP) is 4.13. The number of hydrogen-bond acceptors (Lipinski definition) is 4. The number of nitrogens with zero attached hydrogens (tertiary/aromatic N) is 2. The fraction of sp³-hybridized carbons (Fsp3) is 0. The van der Waals surface area contributed by atoms with E-state index in [2.05, 4.69) is 4.98 Å². The molecule has 0 aliphatic heterocycles. The Hall–Kier alpha value is -3.39. The SMILES string of the molecule is N#Cc1cccc(Oc2cc(N)cnc2-c2cccc(F)c2)c1. The molecule has 3 aromatic rings. The second-order valence-corrected chi connectivity index (χ2v) is 4.87. The lowest BCUT2D eigenvalue weighted by molar-refractivity contribution is 0.482. The van der Waals surface area contributed by atoms with Crippen LogP contribution in [0.1, 0.15) is 5.56 Å². The third-order valence-electron chi connectivity index (χ3n) is 3.16. The highest BCUT2D eigenvalue weighted by molar-refractivity contribution is 5.69. The van der Waals surface area contributed by atoms with Gasteiger partial charge in [0, 0.05) is 11.6 Å². The molecular weight excluding hydrogens is 293 g/mol. The Labute approximate surface area is 132 Å². The van der Waals surface area contributed by atoms with Crippen molar-refractivity contribution in [1.29, 1.82) is 5.26 Å². The number of nitrogens with two attached hydrogens (primary N) is 1. The van der Waals surface area contributed by atoms with Crippen molar-refractivity contribution in [3.05, 3.63) is 72.2 Å². The Balaban J connectivity index is 2.04. The highest BCUT2D eigenvalue weighted by Crippen LogP contribution is 2.33. The second kappa shape index (κ2) is 6.16. The molecule has 2 aromatic carbocycles. The normalized spacial score (nSPS) is 10.1. The largest absolute Gasteiger partial charge is 0.455 e. The van der Waals surface area contributed by atoms with Gasteiger partial charge in [0.25, 0.3) is 0 Å². The minimum absolute atomic E-state index is 0.362. The maximum Gasteiger partial charge on any atom is 0.155 e. The number of anilines is 1. The van der Waals surface area contributed by atoms with Gasteiger partial charge in [0.15, 0.2) is 5.75 Å². The first-order valence-corrected chi connectivity index (χ1v) is 6.85. The first-order chi connectivity index (χ1) is 11.2. The zero-order valence-corrected chi connectivity index (χ0v) is 12.0. The van der Waals surface area contributed by atoms with Gasteiger partial charge in [-0.2, -0.15) is 5.26 Å². The molecule has 0 spiro atoms. The molecule has 0 unspecified atom stereocenters. The van der Waals surface area contributed by atoms with Gasteiger partial charge in [-0.1, -0.05) is 18.2 Å². The van der Waals surface area contributed by atoms with Crippen LogP contribution < -0.4 is 10.5 Å². The van der Waals surface area contributed by atoms with Crippen LogP contribution in [0.25, 0.3) is 11.3 Å². The Morgan fingerprint density at radius 2 is 1.91 bits per heavy atom. The molecule has 0 amide bonds. The Morgan fingerprint density at radius 3 is 2.70 bits per heavy atom. The van der Waals surface area contributed by atoms with E-state index in [0.29, 0.717) is 34.0 Å². The topological polar surface area (TPSA) is 71.9 Å². The van der Waals surface area contributed by atoms with E-state index >= 15 is 0 Å². The van der Waals surface area contributed by atoms with Gasteiger partial charge in [0.05, 0.1) is 23.5 Å². The highest BCUT2D eigenvalue weighted by Gasteiger charge is 2.11. The Bertz CT molecular complexity index is 903.